The molecule has 1 aromatic heterocycles. The highest BCUT2D eigenvalue weighted by molar-refractivity contribution is 7.10. The molecule has 0 saturated carbocycles. The lowest BCUT2D eigenvalue weighted by Gasteiger charge is -2.17. The van der Waals surface area contributed by atoms with Crippen molar-refractivity contribution in [2.75, 3.05) is 13.2 Å². The van der Waals surface area contributed by atoms with Crippen molar-refractivity contribution in [2.45, 2.75) is 19.1 Å². The smallest absolute Gasteiger partial charge is 0.127 e. The molecule has 2 aromatic carbocycles. The Bertz CT molecular complexity index is 743. The van der Waals surface area contributed by atoms with Gasteiger partial charge in [0.05, 0.1) is 0 Å². The quantitative estimate of drug-likeness (QED) is 0.653. The molecule has 1 heterocycles. The van der Waals surface area contributed by atoms with Crippen LogP contribution in [0.15, 0.2) is 60.0 Å². The van der Waals surface area contributed by atoms with E-state index in [9.17, 15) is 5.11 Å². The Morgan fingerprint density at radius 2 is 1.88 bits per heavy atom. The summed E-state index contributed by atoms with van der Waals surface area (Å²) in [5.74, 6) is 0.813. The Labute approximate surface area is 152 Å². The monoisotopic (exact) mass is 363 g/mol. The molecule has 0 bridgehead atoms. The van der Waals surface area contributed by atoms with Gasteiger partial charge in [-0.15, -0.1) is 23.7 Å². The van der Waals surface area contributed by atoms with Gasteiger partial charge in [-0.1, -0.05) is 42.5 Å². The summed E-state index contributed by atoms with van der Waals surface area (Å²) in [5, 5.41) is 17.8. The third-order valence-corrected chi connectivity index (χ3v) is 4.87. The van der Waals surface area contributed by atoms with E-state index in [0.29, 0.717) is 6.54 Å². The number of fused-ring (bicyclic) bond motifs is 1. The number of ether oxygens (including phenoxy) is 1. The van der Waals surface area contributed by atoms with Gasteiger partial charge in [0.1, 0.15) is 18.5 Å². The first-order valence-electron chi connectivity index (χ1n) is 7.79. The molecule has 0 radical (unpaired) electrons. The standard InChI is InChI=1S/C19H21NO2S.ClH/c1-14(19-10-5-11-23-19)20-12-16(21)13-22-18-9-4-7-15-6-2-3-8-17(15)18;/h2-11,14,16,20-21H,12-13H2,1H3;1H. The van der Waals surface area contributed by atoms with Crippen LogP contribution in [-0.2, 0) is 0 Å². The highest BCUT2D eigenvalue weighted by Gasteiger charge is 2.11. The number of benzene rings is 2. The molecule has 0 fully saturated rings. The van der Waals surface area contributed by atoms with Crippen molar-refractivity contribution < 1.29 is 9.84 Å². The van der Waals surface area contributed by atoms with Crippen LogP contribution in [0.25, 0.3) is 10.8 Å². The molecular formula is C19H22ClNO2S. The largest absolute Gasteiger partial charge is 0.490 e. The second kappa shape index (κ2) is 9.04. The molecule has 3 rings (SSSR count). The van der Waals surface area contributed by atoms with E-state index in [1.54, 1.807) is 11.3 Å². The van der Waals surface area contributed by atoms with Gasteiger partial charge in [-0.05, 0) is 29.8 Å². The molecule has 0 aliphatic heterocycles. The topological polar surface area (TPSA) is 41.5 Å². The van der Waals surface area contributed by atoms with Gasteiger partial charge in [-0.3, -0.25) is 0 Å². The van der Waals surface area contributed by atoms with Crippen molar-refractivity contribution in [3.05, 3.63) is 64.9 Å². The molecular weight excluding hydrogens is 342 g/mol. The molecule has 0 aliphatic carbocycles. The third kappa shape index (κ3) is 4.71. The lowest BCUT2D eigenvalue weighted by atomic mass is 10.1. The summed E-state index contributed by atoms with van der Waals surface area (Å²) in [7, 11) is 0. The highest BCUT2D eigenvalue weighted by Crippen LogP contribution is 2.25. The predicted octanol–water partition coefficient (Wildman–Crippen LogP) is 4.41. The molecule has 2 atom stereocenters. The van der Waals surface area contributed by atoms with Crippen molar-refractivity contribution in [3.8, 4) is 5.75 Å². The van der Waals surface area contributed by atoms with Crippen molar-refractivity contribution in [1.82, 2.24) is 5.32 Å². The zero-order chi connectivity index (χ0) is 16.1. The minimum absolute atomic E-state index is 0. The van der Waals surface area contributed by atoms with Crippen LogP contribution < -0.4 is 10.1 Å². The van der Waals surface area contributed by atoms with Crippen LogP contribution in [0, 0.1) is 0 Å². The van der Waals surface area contributed by atoms with E-state index in [1.165, 1.54) is 4.88 Å². The van der Waals surface area contributed by atoms with Crippen molar-refractivity contribution in [2.24, 2.45) is 0 Å². The minimum atomic E-state index is -0.545. The van der Waals surface area contributed by atoms with Gasteiger partial charge >= 0.3 is 0 Å². The van der Waals surface area contributed by atoms with Gasteiger partial charge in [-0.25, -0.2) is 0 Å². The number of halogens is 1. The summed E-state index contributed by atoms with van der Waals surface area (Å²) >= 11 is 1.72. The van der Waals surface area contributed by atoms with Gasteiger partial charge in [0.25, 0.3) is 0 Å². The number of rotatable bonds is 7. The van der Waals surface area contributed by atoms with E-state index < -0.39 is 6.10 Å². The normalized spacial score (nSPS) is 13.2. The van der Waals surface area contributed by atoms with Crippen molar-refractivity contribution in [3.63, 3.8) is 0 Å². The van der Waals surface area contributed by atoms with E-state index in [2.05, 4.69) is 35.8 Å². The first-order chi connectivity index (χ1) is 11.2. The van der Waals surface area contributed by atoms with Crippen LogP contribution in [0.4, 0.5) is 0 Å². The average Bonchev–Trinajstić information content (AvgIpc) is 3.12. The maximum Gasteiger partial charge on any atom is 0.127 e. The van der Waals surface area contributed by atoms with Gasteiger partial charge < -0.3 is 15.2 Å². The maximum atomic E-state index is 10.1. The fourth-order valence-electron chi connectivity index (χ4n) is 2.52. The van der Waals surface area contributed by atoms with Gasteiger partial charge in [-0.2, -0.15) is 0 Å². The highest BCUT2D eigenvalue weighted by atomic mass is 35.5. The SMILES string of the molecule is CC(NCC(O)COc1cccc2ccccc12)c1cccs1.Cl. The van der Waals surface area contributed by atoms with E-state index in [-0.39, 0.29) is 25.1 Å². The Morgan fingerprint density at radius 1 is 1.08 bits per heavy atom. The second-order valence-corrected chi connectivity index (χ2v) is 6.57. The van der Waals surface area contributed by atoms with E-state index in [4.69, 9.17) is 4.74 Å². The van der Waals surface area contributed by atoms with Gasteiger partial charge in [0, 0.05) is 22.8 Å². The summed E-state index contributed by atoms with van der Waals surface area (Å²) in [5.41, 5.74) is 0. The number of thiophene rings is 1. The van der Waals surface area contributed by atoms with Crippen LogP contribution in [0.3, 0.4) is 0 Å². The number of aliphatic hydroxyl groups excluding tert-OH is 1. The molecule has 0 spiro atoms. The third-order valence-electron chi connectivity index (χ3n) is 3.81. The summed E-state index contributed by atoms with van der Waals surface area (Å²) in [6, 6.07) is 18.5. The fraction of sp³-hybridized carbons (Fsp3) is 0.263. The van der Waals surface area contributed by atoms with Crippen molar-refractivity contribution in [1.29, 1.82) is 0 Å². The average molecular weight is 364 g/mol. The van der Waals surface area contributed by atoms with Crippen molar-refractivity contribution >= 4 is 34.5 Å². The van der Waals surface area contributed by atoms with E-state index in [1.807, 2.05) is 36.4 Å². The fourth-order valence-corrected chi connectivity index (χ4v) is 3.28. The van der Waals surface area contributed by atoms with Crippen LogP contribution in [0.1, 0.15) is 17.8 Å². The molecule has 24 heavy (non-hydrogen) atoms. The number of hydrogen-bond donors (Lipinski definition) is 2. The summed E-state index contributed by atoms with van der Waals surface area (Å²) in [6.07, 6.45) is -0.545. The molecule has 0 amide bonds. The zero-order valence-electron chi connectivity index (χ0n) is 13.5. The first kappa shape index (κ1) is 18.7. The van der Waals surface area contributed by atoms with Crippen LogP contribution >= 0.6 is 23.7 Å². The number of hydrogen-bond acceptors (Lipinski definition) is 4. The zero-order valence-corrected chi connectivity index (χ0v) is 15.1. The molecule has 3 aromatic rings. The van der Waals surface area contributed by atoms with Gasteiger partial charge in [0.2, 0.25) is 0 Å². The number of aliphatic hydroxyl groups is 1. The summed E-state index contributed by atoms with van der Waals surface area (Å²) in [4.78, 5) is 1.27. The minimum Gasteiger partial charge on any atom is -0.490 e. The van der Waals surface area contributed by atoms with Gasteiger partial charge in [0.15, 0.2) is 0 Å². The Kier molecular flexibility index (Phi) is 7.06. The summed E-state index contributed by atoms with van der Waals surface area (Å²) < 4.78 is 5.82. The first-order valence-corrected chi connectivity index (χ1v) is 8.67. The molecule has 2 N–H and O–H groups in total. The van der Waals surface area contributed by atoms with Crippen LogP contribution in [-0.4, -0.2) is 24.4 Å². The lowest BCUT2D eigenvalue weighted by Crippen LogP contribution is -2.32. The Morgan fingerprint density at radius 3 is 2.67 bits per heavy atom. The summed E-state index contributed by atoms with van der Waals surface area (Å²) in [6.45, 7) is 2.88. The molecule has 128 valence electrons. The molecule has 2 unspecified atom stereocenters. The predicted molar refractivity (Wildman–Crippen MR) is 103 cm³/mol. The van der Waals surface area contributed by atoms with Crippen LogP contribution in [0.5, 0.6) is 5.75 Å². The molecule has 3 nitrogen and oxygen atoms in total. The second-order valence-electron chi connectivity index (χ2n) is 5.59. The Balaban J connectivity index is 0.00000208. The van der Waals surface area contributed by atoms with E-state index >= 15 is 0 Å². The Hall–Kier alpha value is -1.59. The number of nitrogens with one attached hydrogen (secondary N) is 1. The maximum absolute atomic E-state index is 10.1. The molecule has 5 heteroatoms. The van der Waals surface area contributed by atoms with Crippen LogP contribution in [0.2, 0.25) is 0 Å². The molecule has 0 saturated heterocycles. The lowest BCUT2D eigenvalue weighted by molar-refractivity contribution is 0.105. The van der Waals surface area contributed by atoms with E-state index in [0.717, 1.165) is 16.5 Å². The molecule has 0 aliphatic rings.